The van der Waals surface area contributed by atoms with Crippen molar-refractivity contribution in [3.63, 3.8) is 0 Å². The summed E-state index contributed by atoms with van der Waals surface area (Å²) in [5.74, 6) is 0.759. The van der Waals surface area contributed by atoms with Gasteiger partial charge in [0.05, 0.1) is 24.1 Å². The molecule has 2 rings (SSSR count). The smallest absolute Gasteiger partial charge is 0.137 e. The van der Waals surface area contributed by atoms with Gasteiger partial charge in [-0.25, -0.2) is 0 Å². The lowest BCUT2D eigenvalue weighted by Gasteiger charge is -2.33. The van der Waals surface area contributed by atoms with Gasteiger partial charge in [-0.15, -0.1) is 0 Å². The molecule has 1 aliphatic heterocycles. The van der Waals surface area contributed by atoms with Gasteiger partial charge in [0.25, 0.3) is 0 Å². The first-order chi connectivity index (χ1) is 8.47. The molecule has 1 fully saturated rings. The van der Waals surface area contributed by atoms with Crippen LogP contribution in [0.15, 0.2) is 18.2 Å². The second-order valence-electron chi connectivity index (χ2n) is 5.27. The van der Waals surface area contributed by atoms with Crippen LogP contribution >= 0.6 is 11.6 Å². The van der Waals surface area contributed by atoms with E-state index in [0.29, 0.717) is 10.8 Å². The Morgan fingerprint density at radius 2 is 2.22 bits per heavy atom. The zero-order chi connectivity index (χ0) is 13.3. The highest BCUT2D eigenvalue weighted by molar-refractivity contribution is 6.32. The molecular formula is C14H17ClN2O. The summed E-state index contributed by atoms with van der Waals surface area (Å²) >= 11 is 6.15. The van der Waals surface area contributed by atoms with Crippen LogP contribution in [-0.2, 0) is 0 Å². The van der Waals surface area contributed by atoms with Gasteiger partial charge in [-0.05, 0) is 38.5 Å². The summed E-state index contributed by atoms with van der Waals surface area (Å²) in [5.41, 5.74) is 1.03. The van der Waals surface area contributed by atoms with E-state index in [-0.39, 0.29) is 11.5 Å². The minimum Gasteiger partial charge on any atom is -0.495 e. The summed E-state index contributed by atoms with van der Waals surface area (Å²) in [7, 11) is 1.60. The number of anilines is 1. The fourth-order valence-corrected chi connectivity index (χ4v) is 2.86. The first-order valence-electron chi connectivity index (χ1n) is 5.99. The number of methoxy groups -OCH3 is 1. The number of nitriles is 1. The standard InChI is InChI=1S/C14H17ClN2O/c1-14(2)7-10(8-16)9-17(14)11-4-5-13(18-3)12(15)6-11/h4-6,10H,7,9H2,1-3H3. The van der Waals surface area contributed by atoms with Crippen molar-refractivity contribution in [2.75, 3.05) is 18.6 Å². The Morgan fingerprint density at radius 1 is 1.50 bits per heavy atom. The number of ether oxygens (including phenoxy) is 1. The maximum Gasteiger partial charge on any atom is 0.137 e. The van der Waals surface area contributed by atoms with Crippen molar-refractivity contribution in [2.45, 2.75) is 25.8 Å². The van der Waals surface area contributed by atoms with Crippen molar-refractivity contribution in [3.8, 4) is 11.8 Å². The topological polar surface area (TPSA) is 36.3 Å². The maximum absolute atomic E-state index is 9.08. The third kappa shape index (κ3) is 2.26. The Labute approximate surface area is 113 Å². The second kappa shape index (κ2) is 4.70. The molecule has 0 saturated carbocycles. The van der Waals surface area contributed by atoms with Crippen LogP contribution < -0.4 is 9.64 Å². The molecule has 0 spiro atoms. The third-order valence-electron chi connectivity index (χ3n) is 3.51. The van der Waals surface area contributed by atoms with Gasteiger partial charge in [-0.1, -0.05) is 11.6 Å². The van der Waals surface area contributed by atoms with Crippen molar-refractivity contribution in [1.82, 2.24) is 0 Å². The molecule has 1 aromatic rings. The quantitative estimate of drug-likeness (QED) is 0.821. The Morgan fingerprint density at radius 3 is 2.72 bits per heavy atom. The SMILES string of the molecule is COc1ccc(N2CC(C#N)CC2(C)C)cc1Cl. The monoisotopic (exact) mass is 264 g/mol. The lowest BCUT2D eigenvalue weighted by Crippen LogP contribution is -2.38. The molecule has 0 aromatic heterocycles. The first kappa shape index (κ1) is 13.0. The van der Waals surface area contributed by atoms with Crippen molar-refractivity contribution >= 4 is 17.3 Å². The van der Waals surface area contributed by atoms with Gasteiger partial charge in [0.2, 0.25) is 0 Å². The molecule has 0 bridgehead atoms. The van der Waals surface area contributed by atoms with E-state index in [1.807, 2.05) is 18.2 Å². The lowest BCUT2D eigenvalue weighted by atomic mass is 9.97. The molecule has 18 heavy (non-hydrogen) atoms. The molecule has 4 heteroatoms. The number of hydrogen-bond acceptors (Lipinski definition) is 3. The molecule has 0 N–H and O–H groups in total. The van der Waals surface area contributed by atoms with Crippen LogP contribution in [0.2, 0.25) is 5.02 Å². The molecule has 1 atom stereocenters. The predicted octanol–water partition coefficient (Wildman–Crippen LogP) is 3.48. The molecule has 0 amide bonds. The van der Waals surface area contributed by atoms with Crippen LogP contribution in [0.4, 0.5) is 5.69 Å². The summed E-state index contributed by atoms with van der Waals surface area (Å²) in [6.45, 7) is 5.07. The summed E-state index contributed by atoms with van der Waals surface area (Å²) in [6, 6.07) is 8.12. The highest BCUT2D eigenvalue weighted by Crippen LogP contribution is 2.39. The Kier molecular flexibility index (Phi) is 3.41. The van der Waals surface area contributed by atoms with Gasteiger partial charge in [-0.3, -0.25) is 0 Å². The minimum absolute atomic E-state index is 0.0156. The van der Waals surface area contributed by atoms with E-state index in [2.05, 4.69) is 24.8 Å². The van der Waals surface area contributed by atoms with Gasteiger partial charge >= 0.3 is 0 Å². The number of benzene rings is 1. The summed E-state index contributed by atoms with van der Waals surface area (Å²) in [5, 5.41) is 9.68. The second-order valence-corrected chi connectivity index (χ2v) is 5.68. The van der Waals surface area contributed by atoms with E-state index < -0.39 is 0 Å². The molecule has 0 aliphatic carbocycles. The van der Waals surface area contributed by atoms with Crippen LogP contribution in [0.3, 0.4) is 0 Å². The molecule has 3 nitrogen and oxygen atoms in total. The Balaban J connectivity index is 2.32. The lowest BCUT2D eigenvalue weighted by molar-refractivity contribution is 0.415. The number of nitrogens with zero attached hydrogens (tertiary/aromatic N) is 2. The Bertz CT molecular complexity index is 493. The molecule has 1 saturated heterocycles. The van der Waals surface area contributed by atoms with Crippen LogP contribution in [0.25, 0.3) is 0 Å². The molecule has 96 valence electrons. The maximum atomic E-state index is 9.08. The molecule has 0 radical (unpaired) electrons. The third-order valence-corrected chi connectivity index (χ3v) is 3.80. The molecule has 1 aromatic carbocycles. The average molecular weight is 265 g/mol. The number of rotatable bonds is 2. The van der Waals surface area contributed by atoms with Crippen molar-refractivity contribution in [3.05, 3.63) is 23.2 Å². The van der Waals surface area contributed by atoms with E-state index in [4.69, 9.17) is 21.6 Å². The largest absolute Gasteiger partial charge is 0.495 e. The summed E-state index contributed by atoms with van der Waals surface area (Å²) in [6.07, 6.45) is 0.882. The highest BCUT2D eigenvalue weighted by atomic mass is 35.5. The normalized spacial score (nSPS) is 21.7. The van der Waals surface area contributed by atoms with Gasteiger partial charge in [0.1, 0.15) is 5.75 Å². The average Bonchev–Trinajstić information content (AvgIpc) is 2.64. The molecule has 1 heterocycles. The molecule has 1 unspecified atom stereocenters. The fourth-order valence-electron chi connectivity index (χ4n) is 2.61. The first-order valence-corrected chi connectivity index (χ1v) is 6.36. The van der Waals surface area contributed by atoms with Gasteiger partial charge in [-0.2, -0.15) is 5.26 Å². The minimum atomic E-state index is -0.0156. The van der Waals surface area contributed by atoms with Crippen molar-refractivity contribution in [2.24, 2.45) is 5.92 Å². The van der Waals surface area contributed by atoms with E-state index in [0.717, 1.165) is 18.7 Å². The highest BCUT2D eigenvalue weighted by Gasteiger charge is 2.38. The van der Waals surface area contributed by atoms with E-state index in [1.54, 1.807) is 7.11 Å². The molecular weight excluding hydrogens is 248 g/mol. The summed E-state index contributed by atoms with van der Waals surface area (Å²) < 4.78 is 5.15. The molecule has 1 aliphatic rings. The number of halogens is 1. The van der Waals surface area contributed by atoms with Crippen molar-refractivity contribution < 1.29 is 4.74 Å². The van der Waals surface area contributed by atoms with Crippen LogP contribution in [0, 0.1) is 17.2 Å². The Hall–Kier alpha value is -1.40. The van der Waals surface area contributed by atoms with Crippen LogP contribution in [0.1, 0.15) is 20.3 Å². The van der Waals surface area contributed by atoms with Gasteiger partial charge in [0, 0.05) is 17.8 Å². The van der Waals surface area contributed by atoms with Crippen LogP contribution in [0.5, 0.6) is 5.75 Å². The van der Waals surface area contributed by atoms with Crippen LogP contribution in [-0.4, -0.2) is 19.2 Å². The van der Waals surface area contributed by atoms with E-state index >= 15 is 0 Å². The zero-order valence-electron chi connectivity index (χ0n) is 10.9. The van der Waals surface area contributed by atoms with E-state index in [9.17, 15) is 0 Å². The van der Waals surface area contributed by atoms with Crippen molar-refractivity contribution in [1.29, 1.82) is 5.26 Å². The predicted molar refractivity (Wildman–Crippen MR) is 73.1 cm³/mol. The number of hydrogen-bond donors (Lipinski definition) is 0. The zero-order valence-corrected chi connectivity index (χ0v) is 11.7. The van der Waals surface area contributed by atoms with E-state index in [1.165, 1.54) is 0 Å². The van der Waals surface area contributed by atoms with Gasteiger partial charge < -0.3 is 9.64 Å². The fraction of sp³-hybridized carbons (Fsp3) is 0.500. The van der Waals surface area contributed by atoms with Gasteiger partial charge in [0.15, 0.2) is 0 Å². The summed E-state index contributed by atoms with van der Waals surface area (Å²) in [4.78, 5) is 2.24.